The second-order valence-corrected chi connectivity index (χ2v) is 5.40. The van der Waals surface area contributed by atoms with Crippen molar-refractivity contribution in [3.05, 3.63) is 23.0 Å². The van der Waals surface area contributed by atoms with E-state index in [1.165, 1.54) is 11.3 Å². The summed E-state index contributed by atoms with van der Waals surface area (Å²) in [5.41, 5.74) is 1.66. The van der Waals surface area contributed by atoms with E-state index < -0.39 is 5.97 Å². The first kappa shape index (κ1) is 11.4. The fourth-order valence-electron chi connectivity index (χ4n) is 1.89. The van der Waals surface area contributed by atoms with Crippen LogP contribution in [-0.2, 0) is 6.54 Å². The summed E-state index contributed by atoms with van der Waals surface area (Å²) in [7, 11) is 0. The Morgan fingerprint density at radius 1 is 1.61 bits per heavy atom. The van der Waals surface area contributed by atoms with Gasteiger partial charge in [0.1, 0.15) is 9.88 Å². The van der Waals surface area contributed by atoms with Crippen molar-refractivity contribution in [2.45, 2.75) is 32.2 Å². The smallest absolute Gasteiger partial charge is 0.347 e. The second kappa shape index (κ2) is 4.20. The molecule has 0 saturated heterocycles. The van der Waals surface area contributed by atoms with Crippen LogP contribution in [0.1, 0.15) is 41.0 Å². The number of carbonyl (C=O) groups is 1. The Kier molecular flexibility index (Phi) is 2.66. The van der Waals surface area contributed by atoms with Crippen LogP contribution in [-0.4, -0.2) is 25.8 Å². The van der Waals surface area contributed by atoms with Crippen molar-refractivity contribution in [1.82, 2.24) is 14.8 Å². The summed E-state index contributed by atoms with van der Waals surface area (Å²) in [5, 5.41) is 14.2. The lowest BCUT2D eigenvalue weighted by Gasteiger charge is -1.91. The monoisotopic (exact) mass is 263 g/mol. The average Bonchev–Trinajstić information content (AvgIpc) is 2.94. The number of rotatable bonds is 4. The lowest BCUT2D eigenvalue weighted by Crippen LogP contribution is -1.97. The van der Waals surface area contributed by atoms with Gasteiger partial charge in [-0.05, 0) is 19.8 Å². The summed E-state index contributed by atoms with van der Waals surface area (Å²) in [6.07, 6.45) is 5.75. The van der Waals surface area contributed by atoms with Gasteiger partial charge in [0, 0.05) is 24.2 Å². The van der Waals surface area contributed by atoms with Gasteiger partial charge < -0.3 is 5.11 Å². The topological polar surface area (TPSA) is 68.0 Å². The molecule has 0 spiro atoms. The van der Waals surface area contributed by atoms with Crippen LogP contribution in [0.5, 0.6) is 0 Å². The Balaban J connectivity index is 2.01. The maximum Gasteiger partial charge on any atom is 0.347 e. The van der Waals surface area contributed by atoms with E-state index in [2.05, 4.69) is 10.1 Å². The number of hydrogen-bond donors (Lipinski definition) is 1. The molecule has 5 nitrogen and oxygen atoms in total. The molecule has 18 heavy (non-hydrogen) atoms. The van der Waals surface area contributed by atoms with E-state index in [0.717, 1.165) is 35.7 Å². The molecule has 1 saturated carbocycles. The third-order valence-corrected chi connectivity index (χ3v) is 4.12. The Morgan fingerprint density at radius 3 is 2.94 bits per heavy atom. The van der Waals surface area contributed by atoms with Crippen molar-refractivity contribution < 1.29 is 9.90 Å². The zero-order chi connectivity index (χ0) is 12.7. The van der Waals surface area contributed by atoms with Crippen LogP contribution in [0.25, 0.3) is 10.6 Å². The fourth-order valence-corrected chi connectivity index (χ4v) is 2.85. The van der Waals surface area contributed by atoms with Crippen molar-refractivity contribution >= 4 is 17.3 Å². The predicted octanol–water partition coefficient (Wildman–Crippen LogP) is 2.60. The Labute approximate surface area is 108 Å². The third kappa shape index (κ3) is 1.92. The van der Waals surface area contributed by atoms with Crippen LogP contribution in [0.4, 0.5) is 0 Å². The minimum atomic E-state index is -0.872. The van der Waals surface area contributed by atoms with E-state index >= 15 is 0 Å². The number of nitrogens with zero attached hydrogens (tertiary/aromatic N) is 3. The molecule has 2 aromatic heterocycles. The molecule has 0 bridgehead atoms. The van der Waals surface area contributed by atoms with E-state index in [9.17, 15) is 9.90 Å². The quantitative estimate of drug-likeness (QED) is 0.920. The predicted molar refractivity (Wildman–Crippen MR) is 67.9 cm³/mol. The first-order valence-corrected chi connectivity index (χ1v) is 6.77. The summed E-state index contributed by atoms with van der Waals surface area (Å²) in [5.74, 6) is -0.522. The molecular weight excluding hydrogens is 250 g/mol. The largest absolute Gasteiger partial charge is 0.477 e. The number of aromatic nitrogens is 3. The van der Waals surface area contributed by atoms with Crippen molar-refractivity contribution in [1.29, 1.82) is 0 Å². The van der Waals surface area contributed by atoms with Gasteiger partial charge >= 0.3 is 5.97 Å². The first-order chi connectivity index (χ1) is 8.69. The summed E-state index contributed by atoms with van der Waals surface area (Å²) in [6, 6.07) is 0. The number of thiazole rings is 1. The van der Waals surface area contributed by atoms with E-state index in [4.69, 9.17) is 0 Å². The molecule has 3 rings (SSSR count). The number of aryl methyl sites for hydroxylation is 1. The van der Waals surface area contributed by atoms with Gasteiger partial charge in [-0.25, -0.2) is 9.78 Å². The van der Waals surface area contributed by atoms with Crippen molar-refractivity contribution in [2.75, 3.05) is 0 Å². The highest BCUT2D eigenvalue weighted by Crippen LogP contribution is 2.44. The van der Waals surface area contributed by atoms with Crippen molar-refractivity contribution in [3.8, 4) is 10.6 Å². The van der Waals surface area contributed by atoms with Gasteiger partial charge in [-0.15, -0.1) is 11.3 Å². The summed E-state index contributed by atoms with van der Waals surface area (Å²) in [6.45, 7) is 2.81. The van der Waals surface area contributed by atoms with Crippen LogP contribution in [0.15, 0.2) is 12.4 Å². The maximum atomic E-state index is 11.2. The highest BCUT2D eigenvalue weighted by Gasteiger charge is 2.32. The van der Waals surface area contributed by atoms with Crippen molar-refractivity contribution in [3.63, 3.8) is 0 Å². The van der Waals surface area contributed by atoms with Gasteiger partial charge in [0.25, 0.3) is 0 Å². The van der Waals surface area contributed by atoms with Gasteiger partial charge in [-0.1, -0.05) is 0 Å². The van der Waals surface area contributed by atoms with Gasteiger partial charge in [0.05, 0.1) is 11.9 Å². The molecule has 6 heteroatoms. The highest BCUT2D eigenvalue weighted by molar-refractivity contribution is 7.17. The molecule has 1 N–H and O–H groups in total. The lowest BCUT2D eigenvalue weighted by atomic mass is 10.2. The van der Waals surface area contributed by atoms with Gasteiger partial charge in [0.2, 0.25) is 0 Å². The Bertz CT molecular complexity index is 598. The van der Waals surface area contributed by atoms with E-state index in [0.29, 0.717) is 10.8 Å². The van der Waals surface area contributed by atoms with Crippen LogP contribution in [0.3, 0.4) is 0 Å². The molecule has 0 unspecified atom stereocenters. The number of hydrogen-bond acceptors (Lipinski definition) is 4. The molecule has 1 aliphatic carbocycles. The Morgan fingerprint density at radius 2 is 2.39 bits per heavy atom. The maximum absolute atomic E-state index is 11.2. The van der Waals surface area contributed by atoms with Crippen molar-refractivity contribution in [2.24, 2.45) is 0 Å². The molecule has 0 aromatic carbocycles. The zero-order valence-electron chi connectivity index (χ0n) is 9.96. The molecule has 1 aliphatic rings. The molecule has 1 fully saturated rings. The minimum absolute atomic E-state index is 0.349. The molecule has 2 aromatic rings. The number of carboxylic acid groups (broad SMARTS) is 1. The zero-order valence-corrected chi connectivity index (χ0v) is 10.8. The second-order valence-electron chi connectivity index (χ2n) is 4.40. The molecule has 0 aliphatic heterocycles. The summed E-state index contributed by atoms with van der Waals surface area (Å²) >= 11 is 1.25. The first-order valence-electron chi connectivity index (χ1n) is 5.96. The van der Waals surface area contributed by atoms with Crippen LogP contribution >= 0.6 is 11.3 Å². The fraction of sp³-hybridized carbons (Fsp3) is 0.417. The van der Waals surface area contributed by atoms with E-state index in [1.54, 1.807) is 6.20 Å². The molecule has 0 radical (unpaired) electrons. The molecular formula is C12H13N3O2S. The van der Waals surface area contributed by atoms with Crippen LogP contribution in [0.2, 0.25) is 0 Å². The summed E-state index contributed by atoms with van der Waals surface area (Å²) < 4.78 is 1.81. The normalized spacial score (nSPS) is 14.9. The SMILES string of the molecule is CCn1cc(-c2nc(C3CC3)c(C(=O)O)s2)cn1. The standard InChI is InChI=1S/C12H13N3O2S/c1-2-15-6-8(5-13-15)11-14-9(7-3-4-7)10(18-11)12(16)17/h5-7H,2-4H2,1H3,(H,16,17). The molecule has 2 heterocycles. The number of aromatic carboxylic acids is 1. The van der Waals surface area contributed by atoms with Gasteiger partial charge in [-0.3, -0.25) is 4.68 Å². The van der Waals surface area contributed by atoms with Crippen LogP contribution in [0, 0.1) is 0 Å². The van der Waals surface area contributed by atoms with Crippen LogP contribution < -0.4 is 0 Å². The minimum Gasteiger partial charge on any atom is -0.477 e. The molecule has 0 atom stereocenters. The Hall–Kier alpha value is -1.69. The third-order valence-electron chi connectivity index (χ3n) is 3.02. The van der Waals surface area contributed by atoms with E-state index in [1.807, 2.05) is 17.8 Å². The number of carboxylic acids is 1. The lowest BCUT2D eigenvalue weighted by molar-refractivity contribution is 0.0700. The highest BCUT2D eigenvalue weighted by atomic mass is 32.1. The average molecular weight is 263 g/mol. The molecule has 0 amide bonds. The van der Waals surface area contributed by atoms with Gasteiger partial charge in [0.15, 0.2) is 0 Å². The van der Waals surface area contributed by atoms with Gasteiger partial charge in [-0.2, -0.15) is 5.10 Å². The molecule has 94 valence electrons. The summed E-state index contributed by atoms with van der Waals surface area (Å²) in [4.78, 5) is 16.1. The van der Waals surface area contributed by atoms with E-state index in [-0.39, 0.29) is 0 Å².